The number of aromatic nitrogens is 1. The quantitative estimate of drug-likeness (QED) is 0.845. The summed E-state index contributed by atoms with van der Waals surface area (Å²) in [6.45, 7) is 7.60. The average Bonchev–Trinajstić information content (AvgIpc) is 2.53. The van der Waals surface area contributed by atoms with Crippen LogP contribution in [0.4, 0.5) is 0 Å². The third kappa shape index (κ3) is 3.45. The minimum Gasteiger partial charge on any atom is -0.307 e. The van der Waals surface area contributed by atoms with Crippen LogP contribution < -0.4 is 5.32 Å². The fraction of sp³-hybridized carbons (Fsp3) is 0.389. The van der Waals surface area contributed by atoms with Gasteiger partial charge in [-0.3, -0.25) is 4.98 Å². The van der Waals surface area contributed by atoms with E-state index in [9.17, 15) is 0 Å². The van der Waals surface area contributed by atoms with Crippen molar-refractivity contribution in [1.29, 1.82) is 0 Å². The van der Waals surface area contributed by atoms with Crippen molar-refractivity contribution in [3.8, 4) is 0 Å². The Morgan fingerprint density at radius 2 is 1.45 bits per heavy atom. The van der Waals surface area contributed by atoms with Gasteiger partial charge in [-0.25, -0.2) is 0 Å². The second-order valence-electron chi connectivity index (χ2n) is 5.25. The summed E-state index contributed by atoms with van der Waals surface area (Å²) >= 11 is 0. The number of benzene rings is 1. The molecule has 2 heteroatoms. The maximum Gasteiger partial charge on any atom is 0.0577 e. The molecule has 2 aromatic rings. The van der Waals surface area contributed by atoms with Crippen LogP contribution in [-0.4, -0.2) is 11.5 Å². The molecular formula is C18H24N2. The zero-order valence-corrected chi connectivity index (χ0v) is 12.6. The molecule has 2 atom stereocenters. The fourth-order valence-corrected chi connectivity index (χ4v) is 2.44. The molecular weight excluding hydrogens is 244 g/mol. The van der Waals surface area contributed by atoms with E-state index in [-0.39, 0.29) is 6.04 Å². The van der Waals surface area contributed by atoms with Crippen molar-refractivity contribution in [2.45, 2.75) is 39.2 Å². The summed E-state index contributed by atoms with van der Waals surface area (Å²) in [5.41, 5.74) is 3.99. The molecule has 2 rings (SSSR count). The van der Waals surface area contributed by atoms with Gasteiger partial charge in [-0.05, 0) is 47.7 Å². The largest absolute Gasteiger partial charge is 0.307 e. The molecule has 1 aromatic heterocycles. The molecule has 0 saturated carbocycles. The molecule has 0 aliphatic carbocycles. The number of nitrogens with zero attached hydrogens (tertiary/aromatic N) is 1. The van der Waals surface area contributed by atoms with E-state index < -0.39 is 0 Å². The summed E-state index contributed by atoms with van der Waals surface area (Å²) in [6, 6.07) is 13.4. The first-order valence-corrected chi connectivity index (χ1v) is 7.49. The Kier molecular flexibility index (Phi) is 5.31. The van der Waals surface area contributed by atoms with Gasteiger partial charge in [0.1, 0.15) is 0 Å². The lowest BCUT2D eigenvalue weighted by molar-refractivity contribution is 0.629. The Labute approximate surface area is 122 Å². The molecule has 0 fully saturated rings. The highest BCUT2D eigenvalue weighted by Crippen LogP contribution is 2.25. The van der Waals surface area contributed by atoms with Crippen LogP contribution in [0.25, 0.3) is 0 Å². The molecule has 0 amide bonds. The summed E-state index contributed by atoms with van der Waals surface area (Å²) in [7, 11) is 0. The molecule has 106 valence electrons. The van der Waals surface area contributed by atoms with Crippen molar-refractivity contribution in [2.75, 3.05) is 6.54 Å². The average molecular weight is 268 g/mol. The molecule has 2 nitrogen and oxygen atoms in total. The Balaban J connectivity index is 2.26. The maximum atomic E-state index is 4.10. The number of hydrogen-bond donors (Lipinski definition) is 1. The van der Waals surface area contributed by atoms with Crippen LogP contribution in [-0.2, 0) is 0 Å². The Hall–Kier alpha value is -1.67. The highest BCUT2D eigenvalue weighted by molar-refractivity contribution is 5.33. The molecule has 0 radical (unpaired) electrons. The van der Waals surface area contributed by atoms with Crippen molar-refractivity contribution in [2.24, 2.45) is 0 Å². The second kappa shape index (κ2) is 7.20. The smallest absolute Gasteiger partial charge is 0.0577 e. The van der Waals surface area contributed by atoms with E-state index in [0.717, 1.165) is 6.54 Å². The third-order valence-corrected chi connectivity index (χ3v) is 3.90. The van der Waals surface area contributed by atoms with Crippen LogP contribution in [0.15, 0.2) is 48.8 Å². The van der Waals surface area contributed by atoms with Crippen LogP contribution in [0, 0.1) is 0 Å². The van der Waals surface area contributed by atoms with Crippen molar-refractivity contribution in [3.05, 3.63) is 65.5 Å². The van der Waals surface area contributed by atoms with Crippen molar-refractivity contribution in [3.63, 3.8) is 0 Å². The Morgan fingerprint density at radius 1 is 0.900 bits per heavy atom. The summed E-state index contributed by atoms with van der Waals surface area (Å²) in [5, 5.41) is 3.55. The van der Waals surface area contributed by atoms with E-state index in [1.807, 2.05) is 12.4 Å². The molecule has 0 aliphatic heterocycles. The molecule has 1 heterocycles. The molecule has 1 N–H and O–H groups in total. The number of rotatable bonds is 6. The molecule has 0 aliphatic rings. The lowest BCUT2D eigenvalue weighted by Crippen LogP contribution is -2.22. The lowest BCUT2D eigenvalue weighted by atomic mass is 9.94. The van der Waals surface area contributed by atoms with E-state index in [1.165, 1.54) is 23.1 Å². The van der Waals surface area contributed by atoms with Crippen molar-refractivity contribution < 1.29 is 0 Å². The summed E-state index contributed by atoms with van der Waals surface area (Å²) < 4.78 is 0. The Morgan fingerprint density at radius 3 is 2.00 bits per heavy atom. The molecule has 20 heavy (non-hydrogen) atoms. The minimum atomic E-state index is 0.244. The van der Waals surface area contributed by atoms with Crippen LogP contribution in [0.5, 0.6) is 0 Å². The van der Waals surface area contributed by atoms with E-state index in [4.69, 9.17) is 0 Å². The summed E-state index contributed by atoms with van der Waals surface area (Å²) in [4.78, 5) is 4.10. The van der Waals surface area contributed by atoms with Gasteiger partial charge in [0.15, 0.2) is 0 Å². The predicted octanol–water partition coefficient (Wildman–Crippen LogP) is 4.29. The molecule has 0 saturated heterocycles. The SMILES string of the molecule is CCNC(c1ccncc1)c1ccc(C(C)CC)cc1. The summed E-state index contributed by atoms with van der Waals surface area (Å²) in [6.07, 6.45) is 4.89. The predicted molar refractivity (Wildman–Crippen MR) is 84.9 cm³/mol. The molecule has 2 unspecified atom stereocenters. The monoisotopic (exact) mass is 268 g/mol. The van der Waals surface area contributed by atoms with Crippen LogP contribution in [0.1, 0.15) is 55.8 Å². The maximum absolute atomic E-state index is 4.10. The Bertz CT molecular complexity index is 505. The van der Waals surface area contributed by atoms with Gasteiger partial charge in [0, 0.05) is 12.4 Å². The fourth-order valence-electron chi connectivity index (χ4n) is 2.44. The van der Waals surface area contributed by atoms with Crippen molar-refractivity contribution in [1.82, 2.24) is 10.3 Å². The van der Waals surface area contributed by atoms with Gasteiger partial charge in [0.25, 0.3) is 0 Å². The first-order chi connectivity index (χ1) is 9.76. The van der Waals surface area contributed by atoms with Crippen LogP contribution >= 0.6 is 0 Å². The number of pyridine rings is 1. The van der Waals surface area contributed by atoms with E-state index in [0.29, 0.717) is 5.92 Å². The minimum absolute atomic E-state index is 0.244. The first-order valence-electron chi connectivity index (χ1n) is 7.49. The first kappa shape index (κ1) is 14.7. The van der Waals surface area contributed by atoms with Gasteiger partial charge in [0.2, 0.25) is 0 Å². The van der Waals surface area contributed by atoms with E-state index >= 15 is 0 Å². The van der Waals surface area contributed by atoms with Gasteiger partial charge in [0.05, 0.1) is 6.04 Å². The highest BCUT2D eigenvalue weighted by Gasteiger charge is 2.13. The van der Waals surface area contributed by atoms with Crippen LogP contribution in [0.3, 0.4) is 0 Å². The van der Waals surface area contributed by atoms with Crippen LogP contribution in [0.2, 0.25) is 0 Å². The van der Waals surface area contributed by atoms with Gasteiger partial charge >= 0.3 is 0 Å². The molecule has 1 aromatic carbocycles. The van der Waals surface area contributed by atoms with Gasteiger partial charge < -0.3 is 5.32 Å². The topological polar surface area (TPSA) is 24.9 Å². The lowest BCUT2D eigenvalue weighted by Gasteiger charge is -2.19. The zero-order chi connectivity index (χ0) is 14.4. The number of nitrogens with one attached hydrogen (secondary N) is 1. The van der Waals surface area contributed by atoms with Gasteiger partial charge in [-0.15, -0.1) is 0 Å². The highest BCUT2D eigenvalue weighted by atomic mass is 14.9. The second-order valence-corrected chi connectivity index (χ2v) is 5.25. The van der Waals surface area contributed by atoms with E-state index in [2.05, 4.69) is 67.5 Å². The number of hydrogen-bond acceptors (Lipinski definition) is 2. The molecule has 0 bridgehead atoms. The molecule has 0 spiro atoms. The van der Waals surface area contributed by atoms with Gasteiger partial charge in [-0.1, -0.05) is 45.0 Å². The zero-order valence-electron chi connectivity index (χ0n) is 12.6. The van der Waals surface area contributed by atoms with Gasteiger partial charge in [-0.2, -0.15) is 0 Å². The summed E-state index contributed by atoms with van der Waals surface area (Å²) in [5.74, 6) is 0.627. The standard InChI is InChI=1S/C18H24N2/c1-4-14(3)15-6-8-16(9-7-15)18(20-5-2)17-10-12-19-13-11-17/h6-14,18,20H,4-5H2,1-3H3. The van der Waals surface area contributed by atoms with Crippen molar-refractivity contribution >= 4 is 0 Å². The normalized spacial score (nSPS) is 13.9. The third-order valence-electron chi connectivity index (χ3n) is 3.90. The van der Waals surface area contributed by atoms with E-state index in [1.54, 1.807) is 0 Å².